The normalized spacial score (nSPS) is 43.7. The van der Waals surface area contributed by atoms with Gasteiger partial charge in [0.25, 0.3) is 0 Å². The van der Waals surface area contributed by atoms with Crippen molar-refractivity contribution < 1.29 is 20.1 Å². The summed E-state index contributed by atoms with van der Waals surface area (Å²) >= 11 is 0. The van der Waals surface area contributed by atoms with Crippen LogP contribution in [0, 0.1) is 11.3 Å². The number of aliphatic hydroxyl groups is 3. The van der Waals surface area contributed by atoms with Crippen molar-refractivity contribution in [1.29, 1.82) is 0 Å². The Labute approximate surface area is 114 Å². The zero-order valence-corrected chi connectivity index (χ0v) is 12.1. The van der Waals surface area contributed by atoms with Crippen LogP contribution in [-0.2, 0) is 4.79 Å². The summed E-state index contributed by atoms with van der Waals surface area (Å²) < 4.78 is 0. The monoisotopic (exact) mass is 268 g/mol. The highest BCUT2D eigenvalue weighted by molar-refractivity contribution is 5.98. The number of aliphatic hydroxyl groups excluding tert-OH is 1. The Bertz CT molecular complexity index is 430. The number of carbonyl (C=O) groups is 1. The quantitative estimate of drug-likeness (QED) is 0.667. The van der Waals surface area contributed by atoms with Crippen molar-refractivity contribution >= 4 is 5.78 Å². The molecule has 0 aromatic rings. The molecule has 4 nitrogen and oxygen atoms in total. The van der Waals surface area contributed by atoms with Crippen molar-refractivity contribution in [3.8, 4) is 0 Å². The second-order valence-corrected chi connectivity index (χ2v) is 7.15. The maximum atomic E-state index is 12.2. The lowest BCUT2D eigenvalue weighted by molar-refractivity contribution is -0.160. The molecule has 0 unspecified atom stereocenters. The molecule has 0 bridgehead atoms. The zero-order chi connectivity index (χ0) is 14.6. The molecular weight excluding hydrogens is 244 g/mol. The molecule has 0 spiro atoms. The summed E-state index contributed by atoms with van der Waals surface area (Å²) in [6, 6.07) is 0. The topological polar surface area (TPSA) is 77.8 Å². The van der Waals surface area contributed by atoms with E-state index in [0.717, 1.165) is 0 Å². The lowest BCUT2D eigenvalue weighted by Gasteiger charge is -2.53. The fourth-order valence-electron chi connectivity index (χ4n) is 3.66. The van der Waals surface area contributed by atoms with Gasteiger partial charge < -0.3 is 15.3 Å². The molecule has 0 aromatic heterocycles. The van der Waals surface area contributed by atoms with Crippen LogP contribution in [-0.4, -0.2) is 38.4 Å². The van der Waals surface area contributed by atoms with Crippen LogP contribution in [0.4, 0.5) is 0 Å². The highest BCUT2D eigenvalue weighted by Gasteiger charge is 2.55. The van der Waals surface area contributed by atoms with Gasteiger partial charge in [0.2, 0.25) is 0 Å². The van der Waals surface area contributed by atoms with Crippen molar-refractivity contribution in [2.75, 3.05) is 0 Å². The van der Waals surface area contributed by atoms with Crippen molar-refractivity contribution in [3.05, 3.63) is 11.6 Å². The van der Waals surface area contributed by atoms with Gasteiger partial charge in [-0.15, -0.1) is 0 Å². The lowest BCUT2D eigenvalue weighted by atomic mass is 9.54. The van der Waals surface area contributed by atoms with E-state index >= 15 is 0 Å². The summed E-state index contributed by atoms with van der Waals surface area (Å²) in [7, 11) is 0. The van der Waals surface area contributed by atoms with Crippen LogP contribution < -0.4 is 0 Å². The smallest absolute Gasteiger partial charge is 0.161 e. The number of hydrogen-bond donors (Lipinski definition) is 3. The molecule has 2 aliphatic rings. The van der Waals surface area contributed by atoms with E-state index < -0.39 is 17.3 Å². The predicted octanol–water partition coefficient (Wildman–Crippen LogP) is 1.18. The maximum absolute atomic E-state index is 12.2. The molecule has 4 heteroatoms. The third-order valence-electron chi connectivity index (χ3n) is 4.90. The van der Waals surface area contributed by atoms with E-state index in [1.54, 1.807) is 26.8 Å². The molecule has 0 radical (unpaired) electrons. The summed E-state index contributed by atoms with van der Waals surface area (Å²) in [5.41, 5.74) is -2.46. The van der Waals surface area contributed by atoms with Gasteiger partial charge in [0.15, 0.2) is 5.78 Å². The average Bonchev–Trinajstić information content (AvgIpc) is 2.21. The Morgan fingerprint density at radius 2 is 1.95 bits per heavy atom. The number of rotatable bonds is 1. The summed E-state index contributed by atoms with van der Waals surface area (Å²) in [5, 5.41) is 30.7. The molecule has 1 saturated carbocycles. The minimum absolute atomic E-state index is 0.0570. The van der Waals surface area contributed by atoms with E-state index in [-0.39, 0.29) is 17.1 Å². The predicted molar refractivity (Wildman–Crippen MR) is 71.5 cm³/mol. The van der Waals surface area contributed by atoms with Gasteiger partial charge in [0, 0.05) is 17.9 Å². The average molecular weight is 268 g/mol. The molecule has 3 N–H and O–H groups in total. The maximum Gasteiger partial charge on any atom is 0.161 e. The molecule has 19 heavy (non-hydrogen) atoms. The van der Waals surface area contributed by atoms with E-state index in [1.165, 1.54) is 0 Å². The van der Waals surface area contributed by atoms with E-state index in [0.29, 0.717) is 24.8 Å². The molecule has 108 valence electrons. The van der Waals surface area contributed by atoms with Crippen LogP contribution in [0.25, 0.3) is 0 Å². The number of hydrogen-bond acceptors (Lipinski definition) is 4. The van der Waals surface area contributed by atoms with Gasteiger partial charge in [-0.05, 0) is 39.0 Å². The van der Waals surface area contributed by atoms with Crippen molar-refractivity contribution in [2.24, 2.45) is 11.3 Å². The van der Waals surface area contributed by atoms with Gasteiger partial charge in [-0.2, -0.15) is 0 Å². The molecule has 0 heterocycles. The molecular formula is C15H24O4. The van der Waals surface area contributed by atoms with Crippen molar-refractivity contribution in [2.45, 2.75) is 64.3 Å². The van der Waals surface area contributed by atoms with E-state index in [1.807, 2.05) is 6.92 Å². The fourth-order valence-corrected chi connectivity index (χ4v) is 3.66. The van der Waals surface area contributed by atoms with E-state index in [4.69, 9.17) is 0 Å². The first kappa shape index (κ1) is 14.7. The Morgan fingerprint density at radius 3 is 2.47 bits per heavy atom. The van der Waals surface area contributed by atoms with Crippen LogP contribution in [0.1, 0.15) is 47.0 Å². The largest absolute Gasteiger partial charge is 0.390 e. The first-order valence-corrected chi connectivity index (χ1v) is 6.87. The second kappa shape index (κ2) is 4.14. The third kappa shape index (κ3) is 2.26. The minimum Gasteiger partial charge on any atom is -0.390 e. The van der Waals surface area contributed by atoms with E-state index in [2.05, 4.69) is 0 Å². The van der Waals surface area contributed by atoms with Gasteiger partial charge in [-0.25, -0.2) is 0 Å². The molecule has 0 amide bonds. The first-order chi connectivity index (χ1) is 8.48. The number of carbonyl (C=O) groups excluding carboxylic acids is 1. The zero-order valence-electron chi connectivity index (χ0n) is 12.1. The molecule has 2 rings (SSSR count). The molecule has 4 atom stereocenters. The summed E-state index contributed by atoms with van der Waals surface area (Å²) in [4.78, 5) is 12.2. The highest BCUT2D eigenvalue weighted by Crippen LogP contribution is 2.53. The van der Waals surface area contributed by atoms with Crippen LogP contribution in [0.2, 0.25) is 0 Å². The molecule has 1 fully saturated rings. The first-order valence-electron chi connectivity index (χ1n) is 6.87. The summed E-state index contributed by atoms with van der Waals surface area (Å²) in [6.45, 7) is 6.75. The Balaban J connectivity index is 2.51. The Hall–Kier alpha value is -0.710. The highest BCUT2D eigenvalue weighted by atomic mass is 16.3. The molecule has 0 aromatic carbocycles. The minimum atomic E-state index is -1.26. The van der Waals surface area contributed by atoms with Crippen LogP contribution >= 0.6 is 0 Å². The molecule has 0 saturated heterocycles. The standard InChI is InChI=1S/C15H24O4/c1-13(2,18)9-7-11-14(3,8-10(9)16)6-5-12(17)15(11,4)19/h7,11-12,17-19H,5-6,8H2,1-4H3/t11-,12-,14-,15+/m1/s1. The van der Waals surface area contributed by atoms with Crippen LogP contribution in [0.15, 0.2) is 11.6 Å². The molecule has 0 aliphatic heterocycles. The number of ketones is 1. The second-order valence-electron chi connectivity index (χ2n) is 7.15. The fraction of sp³-hybridized carbons (Fsp3) is 0.800. The van der Waals surface area contributed by atoms with E-state index in [9.17, 15) is 20.1 Å². The Kier molecular flexibility index (Phi) is 3.20. The van der Waals surface area contributed by atoms with Gasteiger partial charge in [-0.3, -0.25) is 4.79 Å². The van der Waals surface area contributed by atoms with Gasteiger partial charge in [0.1, 0.15) is 0 Å². The van der Waals surface area contributed by atoms with Crippen LogP contribution in [0.3, 0.4) is 0 Å². The van der Waals surface area contributed by atoms with Gasteiger partial charge >= 0.3 is 0 Å². The summed E-state index contributed by atoms with van der Waals surface area (Å²) in [5.74, 6) is -0.374. The number of Topliss-reactive ketones (excluding diaryl/α,β-unsaturated/α-hetero) is 1. The van der Waals surface area contributed by atoms with Crippen molar-refractivity contribution in [3.63, 3.8) is 0 Å². The van der Waals surface area contributed by atoms with Crippen molar-refractivity contribution in [1.82, 2.24) is 0 Å². The van der Waals surface area contributed by atoms with Gasteiger partial charge in [0.05, 0.1) is 17.3 Å². The third-order valence-corrected chi connectivity index (χ3v) is 4.90. The van der Waals surface area contributed by atoms with Gasteiger partial charge in [-0.1, -0.05) is 13.0 Å². The van der Waals surface area contributed by atoms with Crippen LogP contribution in [0.5, 0.6) is 0 Å². The lowest BCUT2D eigenvalue weighted by Crippen LogP contribution is -2.58. The summed E-state index contributed by atoms with van der Waals surface area (Å²) in [6.07, 6.45) is 2.41. The Morgan fingerprint density at radius 1 is 1.37 bits per heavy atom. The SMILES string of the molecule is CC(C)(O)C1=C[C@@H]2[C@](C)(CC[C@@H](O)[C@@]2(C)O)CC1=O. The molecule has 2 aliphatic carbocycles. The number of fused-ring (bicyclic) bond motifs is 1.